The Kier molecular flexibility index (Phi) is 8.68. The van der Waals surface area contributed by atoms with Crippen LogP contribution in [0.3, 0.4) is 0 Å². The third-order valence-electron chi connectivity index (χ3n) is 6.71. The van der Waals surface area contributed by atoms with Crippen LogP contribution >= 0.6 is 0 Å². The summed E-state index contributed by atoms with van der Waals surface area (Å²) in [6.07, 6.45) is -11.2. The van der Waals surface area contributed by atoms with Crippen LogP contribution in [0.2, 0.25) is 0 Å². The van der Waals surface area contributed by atoms with Gasteiger partial charge in [0.2, 0.25) is 0 Å². The van der Waals surface area contributed by atoms with Crippen molar-refractivity contribution < 1.29 is 49.6 Å². The molecule has 3 rings (SSSR count). The Morgan fingerprint density at radius 3 is 2.06 bits per heavy atom. The molecule has 3 fully saturated rings. The Morgan fingerprint density at radius 1 is 0.939 bits per heavy atom. The smallest absolute Gasteiger partial charge is 0.185 e. The van der Waals surface area contributed by atoms with E-state index in [0.717, 1.165) is 0 Å². The van der Waals surface area contributed by atoms with Crippen LogP contribution in [0.1, 0.15) is 13.3 Å². The molecule has 14 heteroatoms. The van der Waals surface area contributed by atoms with E-state index in [1.165, 1.54) is 6.92 Å². The van der Waals surface area contributed by atoms with Crippen LogP contribution < -0.4 is 22.5 Å². The van der Waals surface area contributed by atoms with E-state index in [1.807, 2.05) is 0 Å². The Bertz CT molecular complexity index is 646. The maximum absolute atomic E-state index is 11.0. The van der Waals surface area contributed by atoms with Gasteiger partial charge in [-0.15, -0.1) is 0 Å². The van der Waals surface area contributed by atoms with E-state index in [2.05, 4.69) is 5.32 Å². The van der Waals surface area contributed by atoms with Crippen molar-refractivity contribution in [3.8, 4) is 0 Å². The molecule has 2 saturated heterocycles. The Morgan fingerprint density at radius 2 is 1.52 bits per heavy atom. The highest BCUT2D eigenvalue weighted by Crippen LogP contribution is 2.31. The van der Waals surface area contributed by atoms with Gasteiger partial charge in [-0.2, -0.15) is 0 Å². The topological polar surface area (TPSA) is 248 Å². The van der Waals surface area contributed by atoms with E-state index in [9.17, 15) is 30.6 Å². The molecule has 3 aliphatic rings. The van der Waals surface area contributed by atoms with Crippen LogP contribution in [-0.2, 0) is 18.9 Å². The second-order valence-corrected chi connectivity index (χ2v) is 9.33. The summed E-state index contributed by atoms with van der Waals surface area (Å²) in [7, 11) is 1.58. The summed E-state index contributed by atoms with van der Waals surface area (Å²) in [5, 5.41) is 64.4. The van der Waals surface area contributed by atoms with Crippen molar-refractivity contribution in [1.82, 2.24) is 5.32 Å². The Hall–Kier alpha value is -0.560. The highest BCUT2D eigenvalue weighted by atomic mass is 16.7. The van der Waals surface area contributed by atoms with Gasteiger partial charge in [0.05, 0.1) is 25.3 Å². The normalized spacial score (nSPS) is 53.7. The van der Waals surface area contributed by atoms with Crippen molar-refractivity contribution in [3.05, 3.63) is 0 Å². The average molecular weight is 483 g/mol. The summed E-state index contributed by atoms with van der Waals surface area (Å²) in [5.74, 6) is 0. The van der Waals surface area contributed by atoms with Crippen molar-refractivity contribution in [2.75, 3.05) is 20.3 Å². The molecule has 33 heavy (non-hydrogen) atoms. The fourth-order valence-electron chi connectivity index (χ4n) is 4.74. The quantitative estimate of drug-likeness (QED) is 0.169. The van der Waals surface area contributed by atoms with Crippen LogP contribution in [0, 0.1) is 0 Å². The lowest BCUT2D eigenvalue weighted by atomic mass is 9.84. The van der Waals surface area contributed by atoms with Crippen molar-refractivity contribution >= 4 is 0 Å². The highest BCUT2D eigenvalue weighted by molar-refractivity contribution is 5.02. The maximum atomic E-state index is 11.0. The zero-order chi connectivity index (χ0) is 24.7. The number of hydrogen-bond donors (Lipinski definition) is 10. The Balaban J connectivity index is 1.71. The minimum absolute atomic E-state index is 0.134. The summed E-state index contributed by atoms with van der Waals surface area (Å²) in [4.78, 5) is 0. The van der Waals surface area contributed by atoms with Gasteiger partial charge in [-0.1, -0.05) is 0 Å². The summed E-state index contributed by atoms with van der Waals surface area (Å²) in [5.41, 5.74) is 16.9. The van der Waals surface area contributed by atoms with Crippen LogP contribution in [0.25, 0.3) is 0 Å². The number of aliphatic hydroxyl groups excluding tert-OH is 5. The second-order valence-electron chi connectivity index (χ2n) is 9.33. The zero-order valence-electron chi connectivity index (χ0n) is 18.7. The van der Waals surface area contributed by atoms with Crippen molar-refractivity contribution in [2.24, 2.45) is 17.2 Å². The third kappa shape index (κ3) is 5.34. The van der Waals surface area contributed by atoms with Crippen LogP contribution in [0.5, 0.6) is 0 Å². The monoisotopic (exact) mass is 482 g/mol. The van der Waals surface area contributed by atoms with Gasteiger partial charge in [0.25, 0.3) is 0 Å². The molecule has 1 aliphatic carbocycles. The minimum Gasteiger partial charge on any atom is -0.394 e. The van der Waals surface area contributed by atoms with Gasteiger partial charge in [0.1, 0.15) is 48.3 Å². The van der Waals surface area contributed by atoms with Gasteiger partial charge in [-0.25, -0.2) is 0 Å². The molecule has 0 spiro atoms. The van der Waals surface area contributed by atoms with Crippen molar-refractivity contribution in [1.29, 1.82) is 0 Å². The molecule has 13 N–H and O–H groups in total. The molecule has 14 atom stereocenters. The molecule has 0 aromatic rings. The zero-order valence-corrected chi connectivity index (χ0v) is 18.7. The summed E-state index contributed by atoms with van der Waals surface area (Å²) >= 11 is 0. The molecule has 0 aromatic heterocycles. The number of nitrogens with one attached hydrogen (secondary N) is 1. The number of ether oxygens (including phenoxy) is 4. The highest BCUT2D eigenvalue weighted by Gasteiger charge is 2.52. The molecule has 0 bridgehead atoms. The predicted molar refractivity (Wildman–Crippen MR) is 111 cm³/mol. The van der Waals surface area contributed by atoms with E-state index in [-0.39, 0.29) is 13.0 Å². The molecular formula is C19H38N4O10. The van der Waals surface area contributed by atoms with Gasteiger partial charge < -0.3 is 72.1 Å². The average Bonchev–Trinajstić information content (AvgIpc) is 2.75. The number of hydrogen-bond acceptors (Lipinski definition) is 14. The molecule has 0 unspecified atom stereocenters. The molecule has 0 amide bonds. The molecule has 1 saturated carbocycles. The SMILES string of the molecule is CN[C@H]1[C@@H](O)[C@@H](O[C@H]2[C@H](O)[C@H](O[C@H]3O[C@H](CO)[C@@H](O)[C@H](O)[C@@H]3N)[C@@H](N)C[C@H]2N)OC[C@@]1(C)O. The molecule has 0 radical (unpaired) electrons. The Labute approximate surface area is 191 Å². The summed E-state index contributed by atoms with van der Waals surface area (Å²) in [6, 6.07) is -3.44. The molecular weight excluding hydrogens is 444 g/mol. The van der Waals surface area contributed by atoms with Crippen LogP contribution in [-0.4, -0.2) is 136 Å². The van der Waals surface area contributed by atoms with E-state index in [1.54, 1.807) is 7.05 Å². The first-order valence-electron chi connectivity index (χ1n) is 11.0. The first kappa shape index (κ1) is 27.0. The second kappa shape index (κ2) is 10.6. The van der Waals surface area contributed by atoms with Gasteiger partial charge in [-0.05, 0) is 20.4 Å². The lowest BCUT2D eigenvalue weighted by molar-refractivity contribution is -0.316. The van der Waals surface area contributed by atoms with Crippen molar-refractivity contribution in [3.63, 3.8) is 0 Å². The van der Waals surface area contributed by atoms with E-state index >= 15 is 0 Å². The lowest BCUT2D eigenvalue weighted by Gasteiger charge is -2.49. The van der Waals surface area contributed by atoms with E-state index in [0.29, 0.717) is 0 Å². The number of likely N-dealkylation sites (N-methyl/N-ethyl adjacent to an activating group) is 1. The first-order valence-corrected chi connectivity index (χ1v) is 11.0. The summed E-state index contributed by atoms with van der Waals surface area (Å²) < 4.78 is 22.6. The van der Waals surface area contributed by atoms with E-state index < -0.39 is 91.7 Å². The fraction of sp³-hybridized carbons (Fsp3) is 1.00. The largest absolute Gasteiger partial charge is 0.394 e. The number of rotatable bonds is 6. The standard InChI is InChI=1S/C19H38N4O10/c1-19(29)5-30-18(13(28)16(19)23-2)33-15-7(21)3-6(20)14(12(15)27)32-17-9(22)11(26)10(25)8(4-24)31-17/h6-18,23-29H,3-5,20-22H2,1-2H3/t6-,7+,8+,9-,10+,11+,12+,13+,14+,15+,16-,17+,18+,19+/m0/s1. The number of nitrogens with two attached hydrogens (primary N) is 3. The van der Waals surface area contributed by atoms with Crippen molar-refractivity contribution in [2.45, 2.75) is 98.4 Å². The van der Waals surface area contributed by atoms with Gasteiger partial charge in [-0.3, -0.25) is 0 Å². The van der Waals surface area contributed by atoms with Crippen LogP contribution in [0.4, 0.5) is 0 Å². The van der Waals surface area contributed by atoms with Crippen LogP contribution in [0.15, 0.2) is 0 Å². The van der Waals surface area contributed by atoms with Gasteiger partial charge in [0.15, 0.2) is 12.6 Å². The molecule has 2 heterocycles. The fourth-order valence-corrected chi connectivity index (χ4v) is 4.74. The molecule has 194 valence electrons. The predicted octanol–water partition coefficient (Wildman–Crippen LogP) is -6.00. The minimum atomic E-state index is -1.44. The molecule has 14 nitrogen and oxygen atoms in total. The summed E-state index contributed by atoms with van der Waals surface area (Å²) in [6.45, 7) is 0.787. The first-order chi connectivity index (χ1) is 15.4. The van der Waals surface area contributed by atoms with Gasteiger partial charge >= 0.3 is 0 Å². The molecule has 2 aliphatic heterocycles. The maximum Gasteiger partial charge on any atom is 0.185 e. The van der Waals surface area contributed by atoms with Gasteiger partial charge in [0, 0.05) is 12.1 Å². The number of aliphatic hydroxyl groups is 6. The van der Waals surface area contributed by atoms with E-state index in [4.69, 9.17) is 36.1 Å². The molecule has 0 aromatic carbocycles. The lowest BCUT2D eigenvalue weighted by Crippen LogP contribution is -2.69. The third-order valence-corrected chi connectivity index (χ3v) is 6.71.